The van der Waals surface area contributed by atoms with Crippen molar-refractivity contribution in [1.29, 1.82) is 0 Å². The van der Waals surface area contributed by atoms with Crippen molar-refractivity contribution < 1.29 is 9.90 Å². The van der Waals surface area contributed by atoms with Gasteiger partial charge in [0, 0.05) is 19.3 Å². The van der Waals surface area contributed by atoms with Crippen LogP contribution in [0.2, 0.25) is 0 Å². The number of nitrogens with zero attached hydrogens (tertiary/aromatic N) is 1. The molecule has 1 aromatic rings. The third kappa shape index (κ3) is 1.43. The molecule has 0 aliphatic carbocycles. The van der Waals surface area contributed by atoms with Crippen molar-refractivity contribution in [2.24, 2.45) is 0 Å². The molecule has 1 fully saturated rings. The molecule has 2 rings (SSSR count). The molecule has 15 heavy (non-hydrogen) atoms. The summed E-state index contributed by atoms with van der Waals surface area (Å²) in [4.78, 5) is 26.4. The second-order valence-electron chi connectivity index (χ2n) is 3.44. The Morgan fingerprint density at radius 1 is 1.53 bits per heavy atom. The lowest BCUT2D eigenvalue weighted by Crippen LogP contribution is -2.41. The first-order chi connectivity index (χ1) is 7.11. The third-order valence-electron chi connectivity index (χ3n) is 2.51. The first-order valence-corrected chi connectivity index (χ1v) is 4.60. The molecule has 1 aliphatic rings. The Morgan fingerprint density at radius 3 is 2.67 bits per heavy atom. The van der Waals surface area contributed by atoms with E-state index < -0.39 is 5.97 Å². The summed E-state index contributed by atoms with van der Waals surface area (Å²) in [6.45, 7) is 1.49. The summed E-state index contributed by atoms with van der Waals surface area (Å²) in [5, 5.41) is 8.83. The van der Waals surface area contributed by atoms with Crippen LogP contribution in [0.15, 0.2) is 11.0 Å². The number of carboxylic acid groups (broad SMARTS) is 1. The molecular formula is C9H11N3O3. The lowest BCUT2D eigenvalue weighted by Gasteiger charge is -2.33. The highest BCUT2D eigenvalue weighted by molar-refractivity contribution is 5.96. The predicted molar refractivity (Wildman–Crippen MR) is 55.3 cm³/mol. The van der Waals surface area contributed by atoms with Gasteiger partial charge in [-0.2, -0.15) is 0 Å². The van der Waals surface area contributed by atoms with Crippen LogP contribution in [0.5, 0.6) is 0 Å². The molecule has 0 aromatic carbocycles. The molecule has 0 saturated carbocycles. The van der Waals surface area contributed by atoms with E-state index in [2.05, 4.69) is 4.98 Å². The van der Waals surface area contributed by atoms with Gasteiger partial charge in [-0.15, -0.1) is 0 Å². The summed E-state index contributed by atoms with van der Waals surface area (Å²) in [7, 11) is 0. The highest BCUT2D eigenvalue weighted by atomic mass is 16.4. The monoisotopic (exact) mass is 209 g/mol. The molecule has 0 spiro atoms. The van der Waals surface area contributed by atoms with Crippen LogP contribution in [-0.4, -0.2) is 29.1 Å². The Hall–Kier alpha value is -1.98. The van der Waals surface area contributed by atoms with Gasteiger partial charge in [-0.1, -0.05) is 0 Å². The van der Waals surface area contributed by atoms with E-state index in [0.29, 0.717) is 0 Å². The normalized spacial score (nSPS) is 14.8. The third-order valence-corrected chi connectivity index (χ3v) is 2.51. The van der Waals surface area contributed by atoms with E-state index in [1.165, 1.54) is 0 Å². The minimum atomic E-state index is -1.13. The van der Waals surface area contributed by atoms with Crippen LogP contribution in [0, 0.1) is 0 Å². The van der Waals surface area contributed by atoms with E-state index >= 15 is 0 Å². The van der Waals surface area contributed by atoms with Gasteiger partial charge in [-0.3, -0.25) is 4.79 Å². The number of aromatic amines is 1. The van der Waals surface area contributed by atoms with Gasteiger partial charge < -0.3 is 20.7 Å². The summed E-state index contributed by atoms with van der Waals surface area (Å²) in [6, 6.07) is 0. The first-order valence-electron chi connectivity index (χ1n) is 4.60. The molecule has 0 unspecified atom stereocenters. The summed E-state index contributed by atoms with van der Waals surface area (Å²) in [6.07, 6.45) is 2.12. The number of aromatic carboxylic acids is 1. The lowest BCUT2D eigenvalue weighted by atomic mass is 10.1. The zero-order valence-electron chi connectivity index (χ0n) is 7.99. The smallest absolute Gasteiger partial charge is 0.339 e. The van der Waals surface area contributed by atoms with Crippen LogP contribution in [-0.2, 0) is 0 Å². The quantitative estimate of drug-likeness (QED) is 0.629. The van der Waals surface area contributed by atoms with E-state index in [-0.39, 0.29) is 22.5 Å². The number of nitrogens with two attached hydrogens (primary N) is 1. The molecule has 1 aromatic heterocycles. The van der Waals surface area contributed by atoms with Crippen molar-refractivity contribution >= 4 is 17.3 Å². The number of hydrogen-bond donors (Lipinski definition) is 3. The van der Waals surface area contributed by atoms with Crippen molar-refractivity contribution in [2.75, 3.05) is 23.7 Å². The Bertz CT molecular complexity index is 462. The molecule has 2 heterocycles. The van der Waals surface area contributed by atoms with Crippen molar-refractivity contribution in [3.05, 3.63) is 22.1 Å². The van der Waals surface area contributed by atoms with Crippen LogP contribution in [0.25, 0.3) is 0 Å². The fourth-order valence-electron chi connectivity index (χ4n) is 1.56. The van der Waals surface area contributed by atoms with Gasteiger partial charge in [0.25, 0.3) is 5.56 Å². The zero-order chi connectivity index (χ0) is 11.0. The van der Waals surface area contributed by atoms with E-state index in [9.17, 15) is 9.59 Å². The molecule has 0 atom stereocenters. The molecule has 6 nitrogen and oxygen atoms in total. The summed E-state index contributed by atoms with van der Waals surface area (Å²) >= 11 is 0. The van der Waals surface area contributed by atoms with Gasteiger partial charge in [-0.05, 0) is 6.42 Å². The van der Waals surface area contributed by atoms with Crippen LogP contribution in [0.3, 0.4) is 0 Å². The average Bonchev–Trinajstić information content (AvgIpc) is 2.08. The largest absolute Gasteiger partial charge is 0.478 e. The van der Waals surface area contributed by atoms with Crippen molar-refractivity contribution in [1.82, 2.24) is 4.98 Å². The molecule has 0 amide bonds. The second-order valence-corrected chi connectivity index (χ2v) is 3.44. The van der Waals surface area contributed by atoms with Gasteiger partial charge in [0.1, 0.15) is 11.3 Å². The number of carbonyl (C=O) groups is 1. The lowest BCUT2D eigenvalue weighted by molar-refractivity contribution is 0.0697. The fraction of sp³-hybridized carbons (Fsp3) is 0.333. The maximum atomic E-state index is 11.5. The number of carboxylic acids is 1. The summed E-state index contributed by atoms with van der Waals surface area (Å²) in [5.74, 6) is -1.13. The molecular weight excluding hydrogens is 198 g/mol. The van der Waals surface area contributed by atoms with E-state index in [1.807, 2.05) is 0 Å². The standard InChI is InChI=1S/C9H11N3O3/c10-6-5(9(14)15)4-11-8(13)7(6)12-2-1-3-12/h4H,1-3H2,(H,14,15)(H3,10,11,13). The number of nitrogens with one attached hydrogen (secondary N) is 1. The highest BCUT2D eigenvalue weighted by Gasteiger charge is 2.23. The van der Waals surface area contributed by atoms with E-state index in [1.54, 1.807) is 4.90 Å². The van der Waals surface area contributed by atoms with Crippen LogP contribution < -0.4 is 16.2 Å². The van der Waals surface area contributed by atoms with Gasteiger partial charge in [-0.25, -0.2) is 4.79 Å². The van der Waals surface area contributed by atoms with E-state index in [0.717, 1.165) is 25.7 Å². The Balaban J connectivity index is 2.55. The van der Waals surface area contributed by atoms with Crippen LogP contribution in [0.1, 0.15) is 16.8 Å². The predicted octanol–water partition coefficient (Wildman–Crippen LogP) is -0.135. The van der Waals surface area contributed by atoms with Crippen molar-refractivity contribution in [3.8, 4) is 0 Å². The summed E-state index contributed by atoms with van der Waals surface area (Å²) < 4.78 is 0. The minimum absolute atomic E-state index is 0.0472. The molecule has 0 radical (unpaired) electrons. The maximum Gasteiger partial charge on any atom is 0.339 e. The first kappa shape index (κ1) is 9.57. The number of pyridine rings is 1. The Labute approximate surface area is 85.3 Å². The summed E-state index contributed by atoms with van der Waals surface area (Å²) in [5.41, 5.74) is 5.58. The molecule has 1 aliphatic heterocycles. The number of hydrogen-bond acceptors (Lipinski definition) is 4. The van der Waals surface area contributed by atoms with Gasteiger partial charge in [0.15, 0.2) is 0 Å². The number of anilines is 2. The molecule has 6 heteroatoms. The van der Waals surface area contributed by atoms with Crippen LogP contribution >= 0.6 is 0 Å². The minimum Gasteiger partial charge on any atom is -0.478 e. The number of nitrogen functional groups attached to an aromatic ring is 1. The Kier molecular flexibility index (Phi) is 2.11. The van der Waals surface area contributed by atoms with Crippen molar-refractivity contribution in [2.45, 2.75) is 6.42 Å². The second kappa shape index (κ2) is 3.30. The SMILES string of the molecule is Nc1c(C(=O)O)c[nH]c(=O)c1N1CCC1. The zero-order valence-corrected chi connectivity index (χ0v) is 7.99. The number of rotatable bonds is 2. The molecule has 0 bridgehead atoms. The average molecular weight is 209 g/mol. The van der Waals surface area contributed by atoms with Gasteiger partial charge in [0.2, 0.25) is 0 Å². The fourth-order valence-corrected chi connectivity index (χ4v) is 1.56. The number of H-pyrrole nitrogens is 1. The van der Waals surface area contributed by atoms with Crippen molar-refractivity contribution in [3.63, 3.8) is 0 Å². The molecule has 80 valence electrons. The topological polar surface area (TPSA) is 99.4 Å². The number of aromatic nitrogens is 1. The Morgan fingerprint density at radius 2 is 2.20 bits per heavy atom. The van der Waals surface area contributed by atoms with Gasteiger partial charge in [0.05, 0.1) is 5.69 Å². The van der Waals surface area contributed by atoms with E-state index in [4.69, 9.17) is 10.8 Å². The maximum absolute atomic E-state index is 11.5. The molecule has 4 N–H and O–H groups in total. The van der Waals surface area contributed by atoms with Gasteiger partial charge >= 0.3 is 5.97 Å². The highest BCUT2D eigenvalue weighted by Crippen LogP contribution is 2.25. The molecule has 1 saturated heterocycles. The van der Waals surface area contributed by atoms with Crippen LogP contribution in [0.4, 0.5) is 11.4 Å².